The van der Waals surface area contributed by atoms with Crippen molar-refractivity contribution >= 4 is 65.3 Å². The largest absolute Gasteiger partial charge is 0.361 e. The summed E-state index contributed by atoms with van der Waals surface area (Å²) in [6.07, 6.45) is 3.74. The molecule has 0 saturated heterocycles. The van der Waals surface area contributed by atoms with Gasteiger partial charge < -0.3 is 15.3 Å². The summed E-state index contributed by atoms with van der Waals surface area (Å²) in [6.45, 7) is 0.540. The zero-order valence-corrected chi connectivity index (χ0v) is 17.2. The van der Waals surface area contributed by atoms with Gasteiger partial charge in [0.1, 0.15) is 0 Å². The molecule has 27 heavy (non-hydrogen) atoms. The molecule has 0 spiro atoms. The lowest BCUT2D eigenvalue weighted by molar-refractivity contribution is 0.106. The number of carbonyl (C=O) groups is 1. The van der Waals surface area contributed by atoms with E-state index in [1.54, 1.807) is 6.20 Å². The maximum atomic E-state index is 13.0. The number of nitrogens with zero attached hydrogens (tertiary/aromatic N) is 1. The highest BCUT2D eigenvalue weighted by atomic mass is 79.9. The van der Waals surface area contributed by atoms with Gasteiger partial charge in [0.2, 0.25) is 5.78 Å². The van der Waals surface area contributed by atoms with E-state index in [1.807, 2.05) is 36.5 Å². The maximum Gasteiger partial charge on any atom is 0.229 e. The lowest BCUT2D eigenvalue weighted by atomic mass is 10.1. The molecule has 2 aromatic heterocycles. The number of Topliss-reactive ketones (excluding diaryl/α,β-unsaturated/α-hetero) is 1. The standard InChI is InChI=1S/C20H14Br2N4O/c21-10-1-3-12-14(7-23-16(12)5-10)18-9-25-20(26-18)19(27)15-8-24-17-6-11(22)2-4-13(15)17/h1-8,18,23-24H,9H2,(H,25,26). The number of aliphatic imine (C=N–C) groups is 1. The van der Waals surface area contributed by atoms with Crippen molar-refractivity contribution in [1.82, 2.24) is 15.3 Å². The van der Waals surface area contributed by atoms with E-state index < -0.39 is 0 Å². The van der Waals surface area contributed by atoms with Crippen LogP contribution in [0.3, 0.4) is 0 Å². The van der Waals surface area contributed by atoms with Crippen molar-refractivity contribution in [3.8, 4) is 0 Å². The number of hydrogen-bond donors (Lipinski definition) is 3. The molecule has 0 amide bonds. The van der Waals surface area contributed by atoms with Gasteiger partial charge in [0.05, 0.1) is 18.2 Å². The van der Waals surface area contributed by atoms with Gasteiger partial charge in [-0.2, -0.15) is 0 Å². The normalized spacial score (nSPS) is 16.7. The van der Waals surface area contributed by atoms with Crippen LogP contribution in [0.15, 0.2) is 62.7 Å². The third-order valence-electron chi connectivity index (χ3n) is 4.90. The van der Waals surface area contributed by atoms with Crippen molar-refractivity contribution in [3.05, 3.63) is 68.9 Å². The molecule has 1 aliphatic heterocycles. The molecule has 5 nitrogen and oxygen atoms in total. The SMILES string of the molecule is O=C(C1=NCC(c2c[nH]c3cc(Br)ccc23)N1)c1c[nH]c2cc(Br)ccc12. The molecular weight excluding hydrogens is 472 g/mol. The highest BCUT2D eigenvalue weighted by Gasteiger charge is 2.27. The highest BCUT2D eigenvalue weighted by Crippen LogP contribution is 2.29. The molecule has 0 bridgehead atoms. The number of hydrogen-bond acceptors (Lipinski definition) is 3. The van der Waals surface area contributed by atoms with Crippen LogP contribution in [0.25, 0.3) is 21.8 Å². The number of fused-ring (bicyclic) bond motifs is 2. The number of nitrogens with one attached hydrogen (secondary N) is 3. The molecule has 1 atom stereocenters. The molecule has 1 aliphatic rings. The van der Waals surface area contributed by atoms with Gasteiger partial charge in [-0.15, -0.1) is 0 Å². The van der Waals surface area contributed by atoms with Crippen LogP contribution >= 0.6 is 31.9 Å². The van der Waals surface area contributed by atoms with Crippen LogP contribution in [-0.2, 0) is 0 Å². The van der Waals surface area contributed by atoms with Gasteiger partial charge in [0.15, 0.2) is 5.84 Å². The minimum atomic E-state index is -0.0892. The van der Waals surface area contributed by atoms with Crippen LogP contribution in [0.2, 0.25) is 0 Å². The Morgan fingerprint density at radius 3 is 2.41 bits per heavy atom. The first kappa shape index (κ1) is 16.8. The lowest BCUT2D eigenvalue weighted by Gasteiger charge is -2.10. The summed E-state index contributed by atoms with van der Waals surface area (Å²) >= 11 is 6.94. The van der Waals surface area contributed by atoms with Gasteiger partial charge in [-0.3, -0.25) is 9.79 Å². The Bertz CT molecular complexity index is 1240. The summed E-state index contributed by atoms with van der Waals surface area (Å²) < 4.78 is 2.00. The molecule has 4 aromatic rings. The quantitative estimate of drug-likeness (QED) is 0.353. The molecule has 1 unspecified atom stereocenters. The molecule has 0 saturated carbocycles. The summed E-state index contributed by atoms with van der Waals surface area (Å²) in [5, 5.41) is 5.34. The minimum absolute atomic E-state index is 0.0155. The monoisotopic (exact) mass is 484 g/mol. The first-order chi connectivity index (χ1) is 13.1. The number of benzene rings is 2. The van der Waals surface area contributed by atoms with Crippen LogP contribution in [0.4, 0.5) is 0 Å². The molecule has 134 valence electrons. The fourth-order valence-corrected chi connectivity index (χ4v) is 4.30. The Kier molecular flexibility index (Phi) is 3.94. The molecule has 3 heterocycles. The van der Waals surface area contributed by atoms with Crippen LogP contribution in [-0.4, -0.2) is 28.1 Å². The van der Waals surface area contributed by atoms with E-state index in [-0.39, 0.29) is 11.8 Å². The molecule has 7 heteroatoms. The second-order valence-corrected chi connectivity index (χ2v) is 8.37. The molecule has 5 rings (SSSR count). The van der Waals surface area contributed by atoms with Gasteiger partial charge >= 0.3 is 0 Å². The summed E-state index contributed by atoms with van der Waals surface area (Å²) in [4.78, 5) is 23.9. The van der Waals surface area contributed by atoms with Crippen molar-refractivity contribution in [1.29, 1.82) is 0 Å². The third kappa shape index (κ3) is 2.82. The van der Waals surface area contributed by atoms with Gasteiger partial charge in [0.25, 0.3) is 0 Å². The van der Waals surface area contributed by atoms with Crippen LogP contribution in [0, 0.1) is 0 Å². The molecule has 0 aliphatic carbocycles. The van der Waals surface area contributed by atoms with E-state index in [2.05, 4.69) is 58.2 Å². The van der Waals surface area contributed by atoms with E-state index >= 15 is 0 Å². The minimum Gasteiger partial charge on any atom is -0.361 e. The van der Waals surface area contributed by atoms with Crippen molar-refractivity contribution in [2.45, 2.75) is 6.04 Å². The zero-order chi connectivity index (χ0) is 18.5. The highest BCUT2D eigenvalue weighted by molar-refractivity contribution is 9.10. The lowest BCUT2D eigenvalue weighted by Crippen LogP contribution is -2.29. The average Bonchev–Trinajstić information content (AvgIpc) is 3.37. The van der Waals surface area contributed by atoms with E-state index in [4.69, 9.17) is 0 Å². The summed E-state index contributed by atoms with van der Waals surface area (Å²) in [5.41, 5.74) is 3.73. The van der Waals surface area contributed by atoms with Crippen molar-refractivity contribution in [3.63, 3.8) is 0 Å². The molecule has 2 aromatic carbocycles. The van der Waals surface area contributed by atoms with Crippen LogP contribution in [0.1, 0.15) is 22.0 Å². The van der Waals surface area contributed by atoms with Gasteiger partial charge in [-0.25, -0.2) is 0 Å². The topological polar surface area (TPSA) is 73.0 Å². The van der Waals surface area contributed by atoms with E-state index in [0.29, 0.717) is 17.9 Å². The van der Waals surface area contributed by atoms with Crippen molar-refractivity contribution in [2.24, 2.45) is 4.99 Å². The summed E-state index contributed by atoms with van der Waals surface area (Å²) in [7, 11) is 0. The predicted octanol–water partition coefficient (Wildman–Crippen LogP) is 5.10. The molecule has 3 N–H and O–H groups in total. The van der Waals surface area contributed by atoms with Crippen molar-refractivity contribution in [2.75, 3.05) is 6.54 Å². The molecule has 0 fully saturated rings. The smallest absolute Gasteiger partial charge is 0.229 e. The van der Waals surface area contributed by atoms with Gasteiger partial charge in [0, 0.05) is 48.7 Å². The number of rotatable bonds is 3. The second kappa shape index (κ2) is 6.35. The Labute approximate surface area is 171 Å². The van der Waals surface area contributed by atoms with E-state index in [1.165, 1.54) is 0 Å². The zero-order valence-electron chi connectivity index (χ0n) is 14.0. The fraction of sp³-hybridized carbons (Fsp3) is 0.100. The Balaban J connectivity index is 1.43. The van der Waals surface area contributed by atoms with Gasteiger partial charge in [-0.1, -0.05) is 44.0 Å². The fourth-order valence-electron chi connectivity index (χ4n) is 3.58. The van der Waals surface area contributed by atoms with Crippen molar-refractivity contribution < 1.29 is 4.79 Å². The Morgan fingerprint density at radius 2 is 1.63 bits per heavy atom. The number of ketones is 1. The average molecular weight is 486 g/mol. The van der Waals surface area contributed by atoms with Gasteiger partial charge in [-0.05, 0) is 24.3 Å². The Morgan fingerprint density at radius 1 is 0.963 bits per heavy atom. The first-order valence-corrected chi connectivity index (χ1v) is 10.1. The predicted molar refractivity (Wildman–Crippen MR) is 115 cm³/mol. The molecule has 0 radical (unpaired) electrons. The second-order valence-electron chi connectivity index (χ2n) is 6.54. The Hall–Kier alpha value is -2.38. The first-order valence-electron chi connectivity index (χ1n) is 8.49. The number of aromatic amines is 2. The number of amidine groups is 1. The maximum absolute atomic E-state index is 13.0. The summed E-state index contributed by atoms with van der Waals surface area (Å²) in [5.74, 6) is 0.323. The number of carbonyl (C=O) groups excluding carboxylic acids is 1. The third-order valence-corrected chi connectivity index (χ3v) is 5.88. The van der Waals surface area contributed by atoms with E-state index in [9.17, 15) is 4.79 Å². The molecular formula is C20H14Br2N4O. The van der Waals surface area contributed by atoms with Crippen LogP contribution < -0.4 is 5.32 Å². The number of H-pyrrole nitrogens is 2. The number of halogens is 2. The van der Waals surface area contributed by atoms with E-state index in [0.717, 1.165) is 36.3 Å². The summed E-state index contributed by atoms with van der Waals surface area (Å²) in [6, 6.07) is 12.0. The van der Waals surface area contributed by atoms with Crippen LogP contribution in [0.5, 0.6) is 0 Å². The number of aromatic nitrogens is 2.